The summed E-state index contributed by atoms with van der Waals surface area (Å²) >= 11 is 2.91. The van der Waals surface area contributed by atoms with E-state index >= 15 is 0 Å². The third kappa shape index (κ3) is 5.24. The molecule has 0 saturated carbocycles. The lowest BCUT2D eigenvalue weighted by molar-refractivity contribution is -0.120. The second-order valence-electron chi connectivity index (χ2n) is 6.11. The summed E-state index contributed by atoms with van der Waals surface area (Å²) in [5.41, 5.74) is 3.15. The van der Waals surface area contributed by atoms with Gasteiger partial charge < -0.3 is 10.6 Å². The molecule has 0 aliphatic carbocycles. The molecule has 0 aliphatic heterocycles. The summed E-state index contributed by atoms with van der Waals surface area (Å²) in [6, 6.07) is 11.8. The molecule has 140 valence electrons. The first-order valence-corrected chi connectivity index (χ1v) is 10.5. The van der Waals surface area contributed by atoms with Gasteiger partial charge in [-0.25, -0.2) is 4.98 Å². The fourth-order valence-electron chi connectivity index (χ4n) is 2.69. The Morgan fingerprint density at radius 2 is 1.93 bits per heavy atom. The number of hydrogen-bond donors (Lipinski definition) is 2. The van der Waals surface area contributed by atoms with Crippen molar-refractivity contribution in [3.05, 3.63) is 57.6 Å². The molecule has 2 aromatic heterocycles. The number of aromatic nitrogens is 1. The Kier molecular flexibility index (Phi) is 6.36. The number of carbonyl (C=O) groups is 2. The van der Waals surface area contributed by atoms with Gasteiger partial charge in [0.2, 0.25) is 11.8 Å². The van der Waals surface area contributed by atoms with Gasteiger partial charge in [0.05, 0.1) is 18.2 Å². The molecule has 7 heteroatoms. The molecule has 2 N–H and O–H groups in total. The monoisotopic (exact) mass is 399 g/mol. The number of thiazole rings is 1. The van der Waals surface area contributed by atoms with E-state index in [2.05, 4.69) is 34.7 Å². The molecule has 3 rings (SSSR count). The average Bonchev–Trinajstić information content (AvgIpc) is 3.33. The molecule has 2 heterocycles. The number of carbonyl (C=O) groups excluding carboxylic acids is 2. The third-order valence-electron chi connectivity index (χ3n) is 4.06. The van der Waals surface area contributed by atoms with Crippen LogP contribution < -0.4 is 10.6 Å². The van der Waals surface area contributed by atoms with Crippen molar-refractivity contribution >= 4 is 39.6 Å². The molecule has 0 aliphatic rings. The smallest absolute Gasteiger partial charge is 0.228 e. The highest BCUT2D eigenvalue weighted by molar-refractivity contribution is 7.14. The van der Waals surface area contributed by atoms with Crippen LogP contribution in [0, 0.1) is 0 Å². The molecule has 1 aromatic carbocycles. The van der Waals surface area contributed by atoms with Crippen LogP contribution >= 0.6 is 22.7 Å². The highest BCUT2D eigenvalue weighted by Crippen LogP contribution is 2.27. The molecule has 1 unspecified atom stereocenters. The second-order valence-corrected chi connectivity index (χ2v) is 7.95. The van der Waals surface area contributed by atoms with E-state index in [4.69, 9.17) is 0 Å². The van der Waals surface area contributed by atoms with Crippen molar-refractivity contribution in [1.82, 2.24) is 10.3 Å². The fraction of sp³-hybridized carbons (Fsp3) is 0.250. The van der Waals surface area contributed by atoms with Crippen molar-refractivity contribution < 1.29 is 9.59 Å². The van der Waals surface area contributed by atoms with Gasteiger partial charge in [0.1, 0.15) is 0 Å². The lowest BCUT2D eigenvalue weighted by atomic mass is 10.1. The Morgan fingerprint density at radius 1 is 1.15 bits per heavy atom. The molecular formula is C20H21N3O2S2. The summed E-state index contributed by atoms with van der Waals surface area (Å²) in [4.78, 5) is 29.3. The van der Waals surface area contributed by atoms with Crippen LogP contribution in [-0.2, 0) is 16.0 Å². The minimum absolute atomic E-state index is 0.159. The van der Waals surface area contributed by atoms with E-state index in [0.717, 1.165) is 22.6 Å². The van der Waals surface area contributed by atoms with Crippen LogP contribution in [0.15, 0.2) is 47.2 Å². The zero-order valence-corrected chi connectivity index (χ0v) is 16.8. The lowest BCUT2D eigenvalue weighted by Gasteiger charge is -2.15. The number of thiophene rings is 1. The van der Waals surface area contributed by atoms with Gasteiger partial charge in [0.15, 0.2) is 5.13 Å². The second kappa shape index (κ2) is 8.92. The first-order chi connectivity index (χ1) is 13.0. The number of benzene rings is 1. The minimum atomic E-state index is -0.330. The van der Waals surface area contributed by atoms with Crippen molar-refractivity contribution in [3.63, 3.8) is 0 Å². The van der Waals surface area contributed by atoms with Gasteiger partial charge in [-0.15, -0.1) is 22.7 Å². The van der Waals surface area contributed by atoms with Crippen LogP contribution in [0.2, 0.25) is 0 Å². The van der Waals surface area contributed by atoms with Crippen molar-refractivity contribution in [2.75, 3.05) is 5.32 Å². The molecule has 3 aromatic rings. The zero-order chi connectivity index (χ0) is 19.2. The number of anilines is 1. The Labute approximate surface area is 166 Å². The lowest BCUT2D eigenvalue weighted by Crippen LogP contribution is -2.29. The van der Waals surface area contributed by atoms with Crippen LogP contribution in [0.3, 0.4) is 0 Å². The van der Waals surface area contributed by atoms with Crippen molar-refractivity contribution in [2.24, 2.45) is 0 Å². The van der Waals surface area contributed by atoms with Crippen LogP contribution in [0.1, 0.15) is 36.8 Å². The molecule has 5 nitrogen and oxygen atoms in total. The van der Waals surface area contributed by atoms with Gasteiger partial charge in [0.25, 0.3) is 0 Å². The van der Waals surface area contributed by atoms with Crippen LogP contribution in [0.5, 0.6) is 0 Å². The molecule has 27 heavy (non-hydrogen) atoms. The number of rotatable bonds is 7. The molecule has 0 bridgehead atoms. The molecule has 1 atom stereocenters. The van der Waals surface area contributed by atoms with E-state index in [1.807, 2.05) is 35.0 Å². The largest absolute Gasteiger partial charge is 0.348 e. The molecule has 0 saturated heterocycles. The number of hydrogen-bond acceptors (Lipinski definition) is 5. The Bertz CT molecular complexity index is 902. The van der Waals surface area contributed by atoms with E-state index in [9.17, 15) is 9.59 Å². The fourth-order valence-corrected chi connectivity index (χ4v) is 4.20. The van der Waals surface area contributed by atoms with Crippen LogP contribution in [0.4, 0.5) is 5.13 Å². The Hall–Kier alpha value is -2.51. The van der Waals surface area contributed by atoms with Crippen LogP contribution in [0.25, 0.3) is 11.3 Å². The van der Waals surface area contributed by atoms with Gasteiger partial charge in [-0.3, -0.25) is 9.59 Å². The quantitative estimate of drug-likeness (QED) is 0.608. The maximum absolute atomic E-state index is 12.4. The van der Waals surface area contributed by atoms with E-state index in [0.29, 0.717) is 5.13 Å². The first kappa shape index (κ1) is 19.3. The zero-order valence-electron chi connectivity index (χ0n) is 15.2. The maximum atomic E-state index is 12.4. The topological polar surface area (TPSA) is 71.1 Å². The summed E-state index contributed by atoms with van der Waals surface area (Å²) in [5, 5.41) is 10.1. The highest BCUT2D eigenvalue weighted by Gasteiger charge is 2.19. The predicted octanol–water partition coefficient (Wildman–Crippen LogP) is 4.64. The summed E-state index contributed by atoms with van der Waals surface area (Å²) < 4.78 is 0. The normalized spacial score (nSPS) is 11.8. The van der Waals surface area contributed by atoms with Crippen molar-refractivity contribution in [2.45, 2.75) is 32.7 Å². The highest BCUT2D eigenvalue weighted by atomic mass is 32.1. The Balaban J connectivity index is 1.65. The first-order valence-electron chi connectivity index (χ1n) is 8.70. The summed E-state index contributed by atoms with van der Waals surface area (Å²) in [5.74, 6) is -0.336. The average molecular weight is 400 g/mol. The third-order valence-corrected chi connectivity index (χ3v) is 5.81. The van der Waals surface area contributed by atoms with Gasteiger partial charge >= 0.3 is 0 Å². The summed E-state index contributed by atoms with van der Waals surface area (Å²) in [6.45, 7) is 3.57. The van der Waals surface area contributed by atoms with E-state index in [-0.39, 0.29) is 24.3 Å². The van der Waals surface area contributed by atoms with Gasteiger partial charge in [-0.05, 0) is 23.4 Å². The van der Waals surface area contributed by atoms with Gasteiger partial charge in [0, 0.05) is 22.7 Å². The van der Waals surface area contributed by atoms with Crippen molar-refractivity contribution in [3.8, 4) is 11.3 Å². The number of amides is 2. The minimum Gasteiger partial charge on any atom is -0.348 e. The number of nitrogens with one attached hydrogen (secondary N) is 2. The molecule has 0 spiro atoms. The Morgan fingerprint density at radius 3 is 2.56 bits per heavy atom. The SMILES string of the molecule is CCc1ccc(-c2csc(NC(=O)CC(NC(C)=O)c3cccs3)n2)cc1. The summed E-state index contributed by atoms with van der Waals surface area (Å²) in [6.07, 6.45) is 1.17. The molecular weight excluding hydrogens is 378 g/mol. The molecule has 0 fully saturated rings. The number of aryl methyl sites for hydroxylation is 1. The van der Waals surface area contributed by atoms with Crippen molar-refractivity contribution in [1.29, 1.82) is 0 Å². The van der Waals surface area contributed by atoms with Gasteiger partial charge in [-0.2, -0.15) is 0 Å². The summed E-state index contributed by atoms with van der Waals surface area (Å²) in [7, 11) is 0. The standard InChI is InChI=1S/C20H21N3O2S2/c1-3-14-6-8-15(9-7-14)17-12-27-20(22-17)23-19(25)11-16(21-13(2)24)18-5-4-10-26-18/h4-10,12,16H,3,11H2,1-2H3,(H,21,24)(H,22,23,25). The van der Waals surface area contributed by atoms with Crippen LogP contribution in [-0.4, -0.2) is 16.8 Å². The molecule has 2 amide bonds. The van der Waals surface area contributed by atoms with E-state index in [1.54, 1.807) is 0 Å². The maximum Gasteiger partial charge on any atom is 0.228 e. The van der Waals surface area contributed by atoms with E-state index in [1.165, 1.54) is 35.2 Å². The molecule has 0 radical (unpaired) electrons. The predicted molar refractivity (Wildman–Crippen MR) is 111 cm³/mol. The van der Waals surface area contributed by atoms with E-state index < -0.39 is 0 Å². The van der Waals surface area contributed by atoms with Gasteiger partial charge in [-0.1, -0.05) is 37.3 Å². The number of nitrogens with zero attached hydrogens (tertiary/aromatic N) is 1.